The van der Waals surface area contributed by atoms with Crippen molar-refractivity contribution < 1.29 is 18.4 Å². The molecule has 7 nitrogen and oxygen atoms in total. The molecule has 1 aliphatic heterocycles. The number of hydrogen-bond acceptors (Lipinski definition) is 7. The van der Waals surface area contributed by atoms with E-state index in [2.05, 4.69) is 10.1 Å². The van der Waals surface area contributed by atoms with E-state index in [4.69, 9.17) is 18.4 Å². The molecule has 0 radical (unpaired) electrons. The predicted octanol–water partition coefficient (Wildman–Crippen LogP) is 4.39. The van der Waals surface area contributed by atoms with Gasteiger partial charge in [-0.15, -0.1) is 0 Å². The highest BCUT2D eigenvalue weighted by Gasteiger charge is 2.19. The average Bonchev–Trinajstić information content (AvgIpc) is 3.42. The molecule has 140 valence electrons. The fraction of sp³-hybridized carbons (Fsp3) is 0.0455. The van der Waals surface area contributed by atoms with E-state index in [9.17, 15) is 4.79 Å². The van der Waals surface area contributed by atoms with Crippen molar-refractivity contribution in [2.75, 3.05) is 6.79 Å². The minimum absolute atomic E-state index is 0.0984. The molecule has 0 fully saturated rings. The van der Waals surface area contributed by atoms with Crippen LogP contribution >= 0.6 is 0 Å². The number of hydrogen-bond donors (Lipinski definition) is 0. The van der Waals surface area contributed by atoms with Gasteiger partial charge < -0.3 is 18.4 Å². The molecular weight excluding hydrogens is 372 g/mol. The predicted molar refractivity (Wildman–Crippen MR) is 105 cm³/mol. The van der Waals surface area contributed by atoms with Gasteiger partial charge in [-0.05, 0) is 41.1 Å². The van der Waals surface area contributed by atoms with Gasteiger partial charge in [0.05, 0.1) is 0 Å². The van der Waals surface area contributed by atoms with Gasteiger partial charge >= 0.3 is 5.63 Å². The van der Waals surface area contributed by atoms with Crippen LogP contribution in [0.25, 0.3) is 44.6 Å². The molecule has 5 aromatic rings. The largest absolute Gasteiger partial charge is 0.454 e. The van der Waals surface area contributed by atoms with Crippen molar-refractivity contribution in [3.63, 3.8) is 0 Å². The normalized spacial score (nSPS) is 12.7. The topological polar surface area (TPSA) is 87.6 Å². The lowest BCUT2D eigenvalue weighted by atomic mass is 10.0. The Bertz CT molecular complexity index is 1470. The molecule has 3 heterocycles. The Morgan fingerprint density at radius 1 is 0.862 bits per heavy atom. The Morgan fingerprint density at radius 3 is 2.72 bits per heavy atom. The van der Waals surface area contributed by atoms with Crippen LogP contribution in [0.5, 0.6) is 11.5 Å². The summed E-state index contributed by atoms with van der Waals surface area (Å²) in [5.41, 5.74) is 0.884. The van der Waals surface area contributed by atoms with Gasteiger partial charge in [-0.3, -0.25) is 0 Å². The molecule has 2 aromatic heterocycles. The fourth-order valence-corrected chi connectivity index (χ4v) is 3.51. The van der Waals surface area contributed by atoms with E-state index >= 15 is 0 Å². The van der Waals surface area contributed by atoms with Crippen LogP contribution in [-0.2, 0) is 0 Å². The van der Waals surface area contributed by atoms with Crippen LogP contribution in [0, 0.1) is 0 Å². The van der Waals surface area contributed by atoms with Gasteiger partial charge in [0.1, 0.15) is 11.1 Å². The zero-order chi connectivity index (χ0) is 19.4. The van der Waals surface area contributed by atoms with Crippen LogP contribution in [-0.4, -0.2) is 16.9 Å². The Labute approximate surface area is 163 Å². The van der Waals surface area contributed by atoms with Gasteiger partial charge in [0.2, 0.25) is 12.6 Å². The third kappa shape index (κ3) is 2.48. The number of benzene rings is 3. The number of ether oxygens (including phenoxy) is 2. The number of fused-ring (bicyclic) bond motifs is 4. The first-order chi connectivity index (χ1) is 14.3. The standard InChI is InChI=1S/C22H12N2O5/c25-22-16(10-15-14-4-2-1-3-12(14)5-7-17(15)28-22)21-23-20(24-29-21)13-6-8-18-19(9-13)27-11-26-18/h1-10H,11H2. The maximum Gasteiger partial charge on any atom is 0.349 e. The summed E-state index contributed by atoms with van der Waals surface area (Å²) in [6.07, 6.45) is 0. The van der Waals surface area contributed by atoms with Crippen molar-refractivity contribution in [3.8, 4) is 34.3 Å². The fourth-order valence-electron chi connectivity index (χ4n) is 3.51. The van der Waals surface area contributed by atoms with Gasteiger partial charge in [0, 0.05) is 10.9 Å². The van der Waals surface area contributed by atoms with Crippen LogP contribution in [0.4, 0.5) is 0 Å². The van der Waals surface area contributed by atoms with Gasteiger partial charge in [0.15, 0.2) is 11.5 Å². The lowest BCUT2D eigenvalue weighted by Gasteiger charge is -2.03. The van der Waals surface area contributed by atoms with E-state index in [-0.39, 0.29) is 18.2 Å². The lowest BCUT2D eigenvalue weighted by molar-refractivity contribution is 0.174. The van der Waals surface area contributed by atoms with Gasteiger partial charge in [-0.2, -0.15) is 4.98 Å². The summed E-state index contributed by atoms with van der Waals surface area (Å²) in [7, 11) is 0. The third-order valence-electron chi connectivity index (χ3n) is 4.93. The van der Waals surface area contributed by atoms with Crippen LogP contribution in [0.2, 0.25) is 0 Å². The maximum atomic E-state index is 12.5. The number of nitrogens with zero attached hydrogens (tertiary/aromatic N) is 2. The summed E-state index contributed by atoms with van der Waals surface area (Å²) in [4.78, 5) is 16.9. The minimum atomic E-state index is -0.534. The summed E-state index contributed by atoms with van der Waals surface area (Å²) in [5, 5.41) is 6.84. The monoisotopic (exact) mass is 384 g/mol. The quantitative estimate of drug-likeness (QED) is 0.329. The Balaban J connectivity index is 1.49. The summed E-state index contributed by atoms with van der Waals surface area (Å²) in [5.74, 6) is 1.72. The van der Waals surface area contributed by atoms with Gasteiger partial charge in [-0.1, -0.05) is 35.5 Å². The second-order valence-electron chi connectivity index (χ2n) is 6.64. The number of aromatic nitrogens is 2. The van der Waals surface area contributed by atoms with Crippen molar-refractivity contribution in [1.29, 1.82) is 0 Å². The third-order valence-corrected chi connectivity index (χ3v) is 4.93. The number of rotatable bonds is 2. The highest BCUT2D eigenvalue weighted by molar-refractivity contribution is 6.06. The highest BCUT2D eigenvalue weighted by atomic mass is 16.7. The maximum absolute atomic E-state index is 12.5. The summed E-state index contributed by atoms with van der Waals surface area (Å²) < 4.78 is 21.6. The van der Waals surface area contributed by atoms with Crippen molar-refractivity contribution in [1.82, 2.24) is 10.1 Å². The highest BCUT2D eigenvalue weighted by Crippen LogP contribution is 2.35. The summed E-state index contributed by atoms with van der Waals surface area (Å²) in [6, 6.07) is 18.7. The Hall–Kier alpha value is -4.13. The molecule has 0 spiro atoms. The smallest absolute Gasteiger partial charge is 0.349 e. The first kappa shape index (κ1) is 15.9. The molecule has 0 saturated carbocycles. The molecule has 29 heavy (non-hydrogen) atoms. The van der Waals surface area contributed by atoms with Crippen LogP contribution in [0.15, 0.2) is 74.4 Å². The Kier molecular flexibility index (Phi) is 3.25. The first-order valence-electron chi connectivity index (χ1n) is 8.96. The second kappa shape index (κ2) is 5.93. The van der Waals surface area contributed by atoms with Gasteiger partial charge in [-0.25, -0.2) is 4.79 Å². The second-order valence-corrected chi connectivity index (χ2v) is 6.64. The molecule has 0 aliphatic carbocycles. The van der Waals surface area contributed by atoms with Crippen molar-refractivity contribution in [2.24, 2.45) is 0 Å². The van der Waals surface area contributed by atoms with E-state index in [1.165, 1.54) is 0 Å². The van der Waals surface area contributed by atoms with Crippen LogP contribution in [0.1, 0.15) is 0 Å². The van der Waals surface area contributed by atoms with Gasteiger partial charge in [0.25, 0.3) is 5.89 Å². The molecule has 0 saturated heterocycles. The van der Waals surface area contributed by atoms with E-state index in [0.717, 1.165) is 16.2 Å². The molecule has 0 atom stereocenters. The summed E-state index contributed by atoms with van der Waals surface area (Å²) in [6.45, 7) is 0.183. The van der Waals surface area contributed by atoms with Crippen LogP contribution in [0.3, 0.4) is 0 Å². The van der Waals surface area contributed by atoms with E-state index < -0.39 is 5.63 Å². The van der Waals surface area contributed by atoms with E-state index in [1.807, 2.05) is 30.3 Å². The molecule has 0 amide bonds. The Morgan fingerprint density at radius 2 is 1.76 bits per heavy atom. The zero-order valence-electron chi connectivity index (χ0n) is 14.9. The summed E-state index contributed by atoms with van der Waals surface area (Å²) >= 11 is 0. The van der Waals surface area contributed by atoms with Crippen molar-refractivity contribution >= 4 is 21.7 Å². The molecule has 6 rings (SSSR count). The first-order valence-corrected chi connectivity index (χ1v) is 8.96. The van der Waals surface area contributed by atoms with Crippen LogP contribution < -0.4 is 15.1 Å². The van der Waals surface area contributed by atoms with Crippen molar-refractivity contribution in [3.05, 3.63) is 71.1 Å². The van der Waals surface area contributed by atoms with E-state index in [1.54, 1.807) is 30.3 Å². The molecular formula is C22H12N2O5. The average molecular weight is 384 g/mol. The van der Waals surface area contributed by atoms with Crippen molar-refractivity contribution in [2.45, 2.75) is 0 Å². The lowest BCUT2D eigenvalue weighted by Crippen LogP contribution is -2.03. The zero-order valence-corrected chi connectivity index (χ0v) is 14.9. The molecule has 1 aliphatic rings. The molecule has 3 aromatic carbocycles. The van der Waals surface area contributed by atoms with E-state index in [0.29, 0.717) is 28.5 Å². The molecule has 0 unspecified atom stereocenters. The molecule has 0 N–H and O–H groups in total. The molecule has 7 heteroatoms. The minimum Gasteiger partial charge on any atom is -0.454 e. The SMILES string of the molecule is O=c1oc2ccc3ccccc3c2cc1-c1nc(-c2ccc3c(c2)OCO3)no1. The molecule has 0 bridgehead atoms.